The number of amides is 1. The van der Waals surface area contributed by atoms with Gasteiger partial charge in [0.25, 0.3) is 0 Å². The zero-order valence-electron chi connectivity index (χ0n) is 16.8. The topological polar surface area (TPSA) is 70.0 Å². The molecule has 0 spiro atoms. The number of aliphatic hydroxyl groups excluding tert-OH is 2. The van der Waals surface area contributed by atoms with E-state index in [4.69, 9.17) is 9.84 Å². The number of aliphatic hydroxyl groups is 2. The molecule has 1 aromatic rings. The molecule has 1 fully saturated rings. The highest BCUT2D eigenvalue weighted by Crippen LogP contribution is 2.21. The van der Waals surface area contributed by atoms with Crippen LogP contribution in [0, 0.1) is 0 Å². The van der Waals surface area contributed by atoms with Crippen molar-refractivity contribution in [2.45, 2.75) is 50.9 Å². The summed E-state index contributed by atoms with van der Waals surface area (Å²) in [5, 5.41) is 19.2. The van der Waals surface area contributed by atoms with Crippen LogP contribution < -0.4 is 0 Å². The van der Waals surface area contributed by atoms with Crippen LogP contribution in [0.15, 0.2) is 36.4 Å². The SMILES string of the molecule is COCc1cccc(C[C@H](O)/C=C/C2CCC(=O)N2CCSCCCCO)c1. The second-order valence-corrected chi connectivity index (χ2v) is 8.37. The molecule has 2 atom stereocenters. The molecule has 1 aromatic carbocycles. The molecular formula is C22H33NO4S. The van der Waals surface area contributed by atoms with E-state index in [0.29, 0.717) is 19.4 Å². The van der Waals surface area contributed by atoms with Gasteiger partial charge in [-0.15, -0.1) is 0 Å². The number of likely N-dealkylation sites (tertiary alicyclic amines) is 1. The Hall–Kier alpha value is -1.34. The minimum absolute atomic E-state index is 0.0833. The Morgan fingerprint density at radius 1 is 1.32 bits per heavy atom. The minimum atomic E-state index is -0.566. The lowest BCUT2D eigenvalue weighted by Gasteiger charge is -2.22. The second kappa shape index (κ2) is 13.0. The number of thioether (sulfide) groups is 1. The van der Waals surface area contributed by atoms with Gasteiger partial charge in [0.05, 0.1) is 18.8 Å². The number of carbonyl (C=O) groups excluding carboxylic acids is 1. The molecule has 5 nitrogen and oxygen atoms in total. The first-order chi connectivity index (χ1) is 13.6. The average Bonchev–Trinajstić information content (AvgIpc) is 3.03. The van der Waals surface area contributed by atoms with Gasteiger partial charge in [0.1, 0.15) is 0 Å². The first kappa shape index (κ1) is 22.9. The van der Waals surface area contributed by atoms with Crippen molar-refractivity contribution in [1.29, 1.82) is 0 Å². The van der Waals surface area contributed by atoms with Gasteiger partial charge in [-0.1, -0.05) is 36.4 Å². The zero-order valence-corrected chi connectivity index (χ0v) is 17.6. The van der Waals surface area contributed by atoms with E-state index in [0.717, 1.165) is 48.4 Å². The van der Waals surface area contributed by atoms with Crippen molar-refractivity contribution in [3.8, 4) is 0 Å². The molecule has 6 heteroatoms. The van der Waals surface area contributed by atoms with Crippen molar-refractivity contribution in [1.82, 2.24) is 4.90 Å². The Balaban J connectivity index is 1.80. The van der Waals surface area contributed by atoms with E-state index in [1.54, 1.807) is 7.11 Å². The van der Waals surface area contributed by atoms with E-state index >= 15 is 0 Å². The predicted octanol–water partition coefficient (Wildman–Crippen LogP) is 2.79. The van der Waals surface area contributed by atoms with E-state index in [2.05, 4.69) is 6.07 Å². The van der Waals surface area contributed by atoms with Crippen LogP contribution in [-0.2, 0) is 22.6 Å². The summed E-state index contributed by atoms with van der Waals surface area (Å²) in [6.45, 7) is 1.56. The lowest BCUT2D eigenvalue weighted by molar-refractivity contribution is -0.128. The molecule has 0 aromatic heterocycles. The third-order valence-corrected chi connectivity index (χ3v) is 5.90. The van der Waals surface area contributed by atoms with E-state index in [-0.39, 0.29) is 18.6 Å². The van der Waals surface area contributed by atoms with Crippen LogP contribution in [0.3, 0.4) is 0 Å². The second-order valence-electron chi connectivity index (χ2n) is 7.15. The summed E-state index contributed by atoms with van der Waals surface area (Å²) in [4.78, 5) is 14.1. The van der Waals surface area contributed by atoms with Crippen LogP contribution in [0.1, 0.15) is 36.8 Å². The Labute approximate surface area is 172 Å². The maximum atomic E-state index is 12.2. The first-order valence-electron chi connectivity index (χ1n) is 10.0. The van der Waals surface area contributed by atoms with Gasteiger partial charge < -0.3 is 19.8 Å². The summed E-state index contributed by atoms with van der Waals surface area (Å²) < 4.78 is 5.16. The Kier molecular flexibility index (Phi) is 10.6. The lowest BCUT2D eigenvalue weighted by atomic mass is 10.0. The van der Waals surface area contributed by atoms with E-state index in [9.17, 15) is 9.90 Å². The van der Waals surface area contributed by atoms with Crippen LogP contribution in [0.5, 0.6) is 0 Å². The number of hydrogen-bond donors (Lipinski definition) is 2. The fourth-order valence-corrected chi connectivity index (χ4v) is 4.34. The van der Waals surface area contributed by atoms with Gasteiger partial charge in [-0.05, 0) is 36.1 Å². The molecule has 28 heavy (non-hydrogen) atoms. The highest BCUT2D eigenvalue weighted by molar-refractivity contribution is 7.99. The summed E-state index contributed by atoms with van der Waals surface area (Å²) in [7, 11) is 1.67. The molecule has 2 rings (SSSR count). The van der Waals surface area contributed by atoms with Gasteiger partial charge >= 0.3 is 0 Å². The molecule has 1 aliphatic heterocycles. The van der Waals surface area contributed by atoms with Crippen LogP contribution in [0.25, 0.3) is 0 Å². The van der Waals surface area contributed by atoms with Crippen molar-refractivity contribution in [2.75, 3.05) is 31.8 Å². The molecule has 156 valence electrons. The Bertz CT molecular complexity index is 622. The monoisotopic (exact) mass is 407 g/mol. The average molecular weight is 408 g/mol. The van der Waals surface area contributed by atoms with Crippen molar-refractivity contribution >= 4 is 17.7 Å². The molecule has 1 heterocycles. The number of unbranched alkanes of at least 4 members (excludes halogenated alkanes) is 1. The van der Waals surface area contributed by atoms with Crippen molar-refractivity contribution in [3.05, 3.63) is 47.5 Å². The van der Waals surface area contributed by atoms with Gasteiger partial charge in [-0.2, -0.15) is 11.8 Å². The van der Waals surface area contributed by atoms with Crippen LogP contribution in [-0.4, -0.2) is 64.9 Å². The summed E-state index contributed by atoms with van der Waals surface area (Å²) in [6.07, 6.45) is 7.06. The van der Waals surface area contributed by atoms with E-state index in [1.807, 2.05) is 47.0 Å². The molecule has 0 aliphatic carbocycles. The van der Waals surface area contributed by atoms with Crippen molar-refractivity contribution < 1.29 is 19.7 Å². The Morgan fingerprint density at radius 3 is 2.93 bits per heavy atom. The zero-order chi connectivity index (χ0) is 20.2. The highest BCUT2D eigenvalue weighted by Gasteiger charge is 2.28. The molecule has 1 aliphatic rings. The van der Waals surface area contributed by atoms with Crippen LogP contribution in [0.2, 0.25) is 0 Å². The van der Waals surface area contributed by atoms with Gasteiger partial charge in [-0.3, -0.25) is 4.79 Å². The van der Waals surface area contributed by atoms with Gasteiger partial charge in [0, 0.05) is 38.9 Å². The van der Waals surface area contributed by atoms with E-state index in [1.165, 1.54) is 0 Å². The molecule has 1 saturated heterocycles. The van der Waals surface area contributed by atoms with Crippen molar-refractivity contribution in [3.63, 3.8) is 0 Å². The van der Waals surface area contributed by atoms with Gasteiger partial charge in [-0.25, -0.2) is 0 Å². The number of rotatable bonds is 13. The first-order valence-corrected chi connectivity index (χ1v) is 11.2. The van der Waals surface area contributed by atoms with E-state index < -0.39 is 6.10 Å². The highest BCUT2D eigenvalue weighted by atomic mass is 32.2. The van der Waals surface area contributed by atoms with Crippen LogP contribution >= 0.6 is 11.8 Å². The standard InChI is InChI=1S/C22H33NO4S/c1-27-17-19-6-4-5-18(15-19)16-21(25)9-7-20-8-10-22(26)23(20)11-14-28-13-3-2-12-24/h4-7,9,15,20-21,24-25H,2-3,8,10-14,16-17H2,1H3/b9-7+/t20?,21-/m1/s1. The number of ether oxygens (including phenoxy) is 1. The molecule has 0 saturated carbocycles. The fraction of sp³-hybridized carbons (Fsp3) is 0.591. The summed E-state index contributed by atoms with van der Waals surface area (Å²) >= 11 is 1.83. The normalized spacial score (nSPS) is 18.3. The predicted molar refractivity (Wildman–Crippen MR) is 114 cm³/mol. The summed E-state index contributed by atoms with van der Waals surface area (Å²) in [5.41, 5.74) is 2.17. The van der Waals surface area contributed by atoms with Crippen molar-refractivity contribution in [2.24, 2.45) is 0 Å². The third-order valence-electron chi connectivity index (χ3n) is 4.85. The molecule has 1 amide bonds. The fourth-order valence-electron chi connectivity index (χ4n) is 3.41. The molecule has 0 radical (unpaired) electrons. The quantitative estimate of drug-likeness (QED) is 0.389. The van der Waals surface area contributed by atoms with Gasteiger partial charge in [0.2, 0.25) is 5.91 Å². The number of hydrogen-bond acceptors (Lipinski definition) is 5. The molecular weight excluding hydrogens is 374 g/mol. The molecule has 0 bridgehead atoms. The summed E-state index contributed by atoms with van der Waals surface area (Å²) in [5.74, 6) is 2.13. The van der Waals surface area contributed by atoms with Gasteiger partial charge in [0.15, 0.2) is 0 Å². The number of carbonyl (C=O) groups is 1. The lowest BCUT2D eigenvalue weighted by Crippen LogP contribution is -2.34. The van der Waals surface area contributed by atoms with Crippen LogP contribution in [0.4, 0.5) is 0 Å². The largest absolute Gasteiger partial charge is 0.396 e. The number of benzene rings is 1. The third kappa shape index (κ3) is 7.95. The summed E-state index contributed by atoms with van der Waals surface area (Å²) in [6, 6.07) is 8.14. The smallest absolute Gasteiger partial charge is 0.223 e. The molecule has 1 unspecified atom stereocenters. The number of nitrogens with zero attached hydrogens (tertiary/aromatic N) is 1. The minimum Gasteiger partial charge on any atom is -0.396 e. The Morgan fingerprint density at radius 2 is 2.14 bits per heavy atom. The molecule has 2 N–H and O–H groups in total. The maximum absolute atomic E-state index is 12.2. The maximum Gasteiger partial charge on any atom is 0.223 e. The number of methoxy groups -OCH3 is 1.